The van der Waals surface area contributed by atoms with E-state index in [-0.39, 0.29) is 16.3 Å². The van der Waals surface area contributed by atoms with Crippen LogP contribution < -0.4 is 0 Å². The first kappa shape index (κ1) is 12.8. The Morgan fingerprint density at radius 1 is 1.39 bits per heavy atom. The summed E-state index contributed by atoms with van der Waals surface area (Å²) in [7, 11) is 0. The van der Waals surface area contributed by atoms with Gasteiger partial charge in [-0.3, -0.25) is 19.7 Å². The van der Waals surface area contributed by atoms with Gasteiger partial charge in [0.15, 0.2) is 0 Å². The van der Waals surface area contributed by atoms with Crippen molar-refractivity contribution in [2.75, 3.05) is 13.2 Å². The molecular formula is C11H11ClN2O4. The summed E-state index contributed by atoms with van der Waals surface area (Å²) in [6.45, 7) is 0.966. The zero-order valence-corrected chi connectivity index (χ0v) is 10.2. The van der Waals surface area contributed by atoms with Crippen molar-refractivity contribution in [2.24, 2.45) is 0 Å². The zero-order chi connectivity index (χ0) is 13.1. The summed E-state index contributed by atoms with van der Waals surface area (Å²) in [6, 6.07) is 3.80. The summed E-state index contributed by atoms with van der Waals surface area (Å²) in [5.41, 5.74) is -0.0426. The van der Waals surface area contributed by atoms with Gasteiger partial charge in [-0.05, 0) is 18.9 Å². The minimum atomic E-state index is -0.584. The molecule has 0 aromatic heterocycles. The number of non-ortho nitro benzene ring substituents is 1. The van der Waals surface area contributed by atoms with Gasteiger partial charge in [0, 0.05) is 23.7 Å². The summed E-state index contributed by atoms with van der Waals surface area (Å²) < 4.78 is 0. The van der Waals surface area contributed by atoms with Gasteiger partial charge in [-0.1, -0.05) is 11.6 Å². The Morgan fingerprint density at radius 2 is 2.17 bits per heavy atom. The summed E-state index contributed by atoms with van der Waals surface area (Å²) in [5.74, 6) is -0.402. The predicted molar refractivity (Wildman–Crippen MR) is 64.3 cm³/mol. The fourth-order valence-corrected chi connectivity index (χ4v) is 1.93. The van der Waals surface area contributed by atoms with E-state index in [1.54, 1.807) is 0 Å². The van der Waals surface area contributed by atoms with Gasteiger partial charge < -0.3 is 0 Å². The molecule has 0 atom stereocenters. The molecule has 1 aromatic rings. The smallest absolute Gasteiger partial charge is 0.271 e. The fraction of sp³-hybridized carbons (Fsp3) is 0.364. The molecule has 1 saturated heterocycles. The first-order chi connectivity index (χ1) is 8.58. The number of amides is 1. The van der Waals surface area contributed by atoms with Crippen LogP contribution in [0.5, 0.6) is 0 Å². The van der Waals surface area contributed by atoms with Crippen LogP contribution in [0.25, 0.3) is 0 Å². The number of hydrogen-bond donors (Lipinski definition) is 0. The quantitative estimate of drug-likeness (QED) is 0.611. The fourth-order valence-electron chi connectivity index (χ4n) is 1.70. The van der Waals surface area contributed by atoms with Gasteiger partial charge in [0.05, 0.1) is 17.1 Å². The Balaban J connectivity index is 2.26. The molecule has 0 unspecified atom stereocenters. The summed E-state index contributed by atoms with van der Waals surface area (Å²) in [4.78, 5) is 27.4. The van der Waals surface area contributed by atoms with Crippen molar-refractivity contribution in [1.29, 1.82) is 0 Å². The van der Waals surface area contributed by atoms with E-state index >= 15 is 0 Å². The van der Waals surface area contributed by atoms with Crippen molar-refractivity contribution >= 4 is 23.2 Å². The molecule has 0 N–H and O–H groups in total. The van der Waals surface area contributed by atoms with Crippen molar-refractivity contribution in [3.63, 3.8) is 0 Å². The lowest BCUT2D eigenvalue weighted by Crippen LogP contribution is -2.35. The molecule has 2 rings (SSSR count). The Bertz CT molecular complexity index is 486. The highest BCUT2D eigenvalue weighted by atomic mass is 35.5. The van der Waals surface area contributed by atoms with Gasteiger partial charge in [-0.2, -0.15) is 0 Å². The van der Waals surface area contributed by atoms with Gasteiger partial charge >= 0.3 is 0 Å². The molecule has 7 heteroatoms. The molecule has 0 aliphatic carbocycles. The number of carbonyl (C=O) groups is 1. The second-order valence-corrected chi connectivity index (χ2v) is 4.34. The molecule has 18 heavy (non-hydrogen) atoms. The highest BCUT2D eigenvalue weighted by Gasteiger charge is 2.22. The van der Waals surface area contributed by atoms with Crippen molar-refractivity contribution in [1.82, 2.24) is 5.06 Å². The maximum Gasteiger partial charge on any atom is 0.277 e. The summed E-state index contributed by atoms with van der Waals surface area (Å²) in [6.07, 6.45) is 1.76. The molecule has 0 radical (unpaired) electrons. The molecule has 1 heterocycles. The third-order valence-electron chi connectivity index (χ3n) is 2.57. The van der Waals surface area contributed by atoms with Crippen LogP contribution in [-0.2, 0) is 4.84 Å². The maximum absolute atomic E-state index is 12.0. The van der Waals surface area contributed by atoms with E-state index in [1.807, 2.05) is 0 Å². The first-order valence-corrected chi connectivity index (χ1v) is 5.85. The van der Waals surface area contributed by atoms with E-state index in [1.165, 1.54) is 23.3 Å². The van der Waals surface area contributed by atoms with Crippen LogP contribution in [0.15, 0.2) is 18.2 Å². The number of hydrogen-bond acceptors (Lipinski definition) is 4. The number of nitro groups is 1. The summed E-state index contributed by atoms with van der Waals surface area (Å²) >= 11 is 5.76. The number of carbonyl (C=O) groups excluding carboxylic acids is 1. The monoisotopic (exact) mass is 270 g/mol. The Labute approximate surface area is 108 Å². The van der Waals surface area contributed by atoms with E-state index in [4.69, 9.17) is 16.4 Å². The highest BCUT2D eigenvalue weighted by Crippen LogP contribution is 2.22. The molecule has 1 aromatic carbocycles. The van der Waals surface area contributed by atoms with Crippen molar-refractivity contribution < 1.29 is 14.6 Å². The standard InChI is InChI=1S/C11H11ClN2O4/c12-9-5-8(6-10(7-9)14(16)17)11(15)13-3-1-2-4-18-13/h5-7H,1-4H2. The molecular weight excluding hydrogens is 260 g/mol. The van der Waals surface area contributed by atoms with Gasteiger partial charge in [0.25, 0.3) is 11.6 Å². The van der Waals surface area contributed by atoms with Gasteiger partial charge in [0.1, 0.15) is 0 Å². The minimum Gasteiger partial charge on any atom is -0.271 e. The van der Waals surface area contributed by atoms with E-state index in [0.29, 0.717) is 13.2 Å². The molecule has 1 aliphatic rings. The number of nitrogens with zero attached hydrogens (tertiary/aromatic N) is 2. The third kappa shape index (κ3) is 2.77. The zero-order valence-electron chi connectivity index (χ0n) is 9.47. The lowest BCUT2D eigenvalue weighted by molar-refractivity contribution is -0.384. The average molecular weight is 271 g/mol. The molecule has 6 nitrogen and oxygen atoms in total. The third-order valence-corrected chi connectivity index (χ3v) is 2.79. The van der Waals surface area contributed by atoms with E-state index in [2.05, 4.69) is 0 Å². The molecule has 96 valence electrons. The summed E-state index contributed by atoms with van der Waals surface area (Å²) in [5, 5.41) is 12.1. The number of halogens is 1. The number of rotatable bonds is 2. The highest BCUT2D eigenvalue weighted by molar-refractivity contribution is 6.31. The maximum atomic E-state index is 12.0. The van der Waals surface area contributed by atoms with Crippen LogP contribution in [0.3, 0.4) is 0 Å². The molecule has 1 aliphatic heterocycles. The molecule has 1 fully saturated rings. The number of hydroxylamine groups is 2. The van der Waals surface area contributed by atoms with Crippen molar-refractivity contribution in [3.8, 4) is 0 Å². The van der Waals surface area contributed by atoms with Crippen LogP contribution in [0.1, 0.15) is 23.2 Å². The van der Waals surface area contributed by atoms with E-state index in [9.17, 15) is 14.9 Å². The van der Waals surface area contributed by atoms with Crippen molar-refractivity contribution in [2.45, 2.75) is 12.8 Å². The first-order valence-electron chi connectivity index (χ1n) is 5.47. The van der Waals surface area contributed by atoms with Crippen molar-refractivity contribution in [3.05, 3.63) is 38.9 Å². The van der Waals surface area contributed by atoms with Crippen LogP contribution in [-0.4, -0.2) is 29.0 Å². The molecule has 0 spiro atoms. The van der Waals surface area contributed by atoms with Gasteiger partial charge in [-0.25, -0.2) is 5.06 Å². The second-order valence-electron chi connectivity index (χ2n) is 3.90. The van der Waals surface area contributed by atoms with Crippen LogP contribution in [0.2, 0.25) is 5.02 Å². The number of nitro benzene ring substituents is 1. The molecule has 0 bridgehead atoms. The average Bonchev–Trinajstić information content (AvgIpc) is 2.38. The Kier molecular flexibility index (Phi) is 3.78. The largest absolute Gasteiger partial charge is 0.277 e. The molecule has 0 saturated carbocycles. The molecule has 1 amide bonds. The van der Waals surface area contributed by atoms with E-state index in [0.717, 1.165) is 12.8 Å². The van der Waals surface area contributed by atoms with E-state index < -0.39 is 10.8 Å². The minimum absolute atomic E-state index is 0.157. The topological polar surface area (TPSA) is 72.7 Å². The van der Waals surface area contributed by atoms with Gasteiger partial charge in [-0.15, -0.1) is 0 Å². The van der Waals surface area contributed by atoms with Crippen LogP contribution in [0.4, 0.5) is 5.69 Å². The SMILES string of the molecule is O=C(c1cc(Cl)cc([N+](=O)[O-])c1)N1CCCCO1. The second kappa shape index (κ2) is 5.32. The Hall–Kier alpha value is -1.66. The van der Waals surface area contributed by atoms with Crippen LogP contribution in [0, 0.1) is 10.1 Å². The Morgan fingerprint density at radius 3 is 2.78 bits per heavy atom. The lowest BCUT2D eigenvalue weighted by Gasteiger charge is -2.25. The number of benzene rings is 1. The van der Waals surface area contributed by atoms with Gasteiger partial charge in [0.2, 0.25) is 0 Å². The normalized spacial score (nSPS) is 15.5. The van der Waals surface area contributed by atoms with Crippen LogP contribution >= 0.6 is 11.6 Å². The lowest BCUT2D eigenvalue weighted by atomic mass is 10.1. The predicted octanol–water partition coefficient (Wildman–Crippen LogP) is 2.42.